The summed E-state index contributed by atoms with van der Waals surface area (Å²) in [6, 6.07) is 13.6. The summed E-state index contributed by atoms with van der Waals surface area (Å²) in [5, 5.41) is 3.58. The molecule has 0 aliphatic heterocycles. The molecule has 0 saturated heterocycles. The Morgan fingerprint density at radius 1 is 1.11 bits per heavy atom. The van der Waals surface area contributed by atoms with E-state index < -0.39 is 0 Å². The van der Waals surface area contributed by atoms with Gasteiger partial charge >= 0.3 is 0 Å². The van der Waals surface area contributed by atoms with Gasteiger partial charge in [-0.05, 0) is 65.4 Å². The highest BCUT2D eigenvalue weighted by Crippen LogP contribution is 2.29. The minimum Gasteiger partial charge on any atom is -0.306 e. The molecule has 0 aliphatic rings. The van der Waals surface area contributed by atoms with Gasteiger partial charge in [0.1, 0.15) is 0 Å². The number of benzene rings is 1. The highest BCUT2D eigenvalue weighted by atomic mass is 127. The molecule has 0 saturated carbocycles. The smallest absolute Gasteiger partial charge is 0.0671 e. The number of thiophene rings is 1. The number of rotatable bonds is 5. The van der Waals surface area contributed by atoms with Gasteiger partial charge in [-0.2, -0.15) is 0 Å². The first kappa shape index (κ1) is 14.0. The van der Waals surface area contributed by atoms with Gasteiger partial charge in [-0.15, -0.1) is 11.3 Å². The Morgan fingerprint density at radius 2 is 1.83 bits per heavy atom. The molecular formula is C15H18INS. The van der Waals surface area contributed by atoms with E-state index in [2.05, 4.69) is 78.2 Å². The molecule has 1 nitrogen and oxygen atoms in total. The van der Waals surface area contributed by atoms with Crippen LogP contribution in [-0.4, -0.2) is 6.54 Å². The van der Waals surface area contributed by atoms with Gasteiger partial charge in [0.2, 0.25) is 0 Å². The van der Waals surface area contributed by atoms with Crippen LogP contribution in [-0.2, 0) is 6.42 Å². The van der Waals surface area contributed by atoms with Crippen LogP contribution in [0.4, 0.5) is 0 Å². The third kappa shape index (κ3) is 3.33. The van der Waals surface area contributed by atoms with E-state index in [4.69, 9.17) is 0 Å². The topological polar surface area (TPSA) is 12.0 Å². The van der Waals surface area contributed by atoms with Crippen molar-refractivity contribution in [3.8, 4) is 0 Å². The molecule has 2 aromatic rings. The Bertz CT molecular complexity index is 489. The van der Waals surface area contributed by atoms with Crippen molar-refractivity contribution in [3.05, 3.63) is 55.3 Å². The van der Waals surface area contributed by atoms with Crippen molar-refractivity contribution in [2.75, 3.05) is 6.54 Å². The normalized spacial score (nSPS) is 12.6. The van der Waals surface area contributed by atoms with Crippen LogP contribution in [0.1, 0.15) is 35.2 Å². The van der Waals surface area contributed by atoms with Crippen molar-refractivity contribution in [2.24, 2.45) is 0 Å². The van der Waals surface area contributed by atoms with Crippen molar-refractivity contribution in [3.63, 3.8) is 0 Å². The lowest BCUT2D eigenvalue weighted by Crippen LogP contribution is -2.20. The van der Waals surface area contributed by atoms with E-state index >= 15 is 0 Å². The maximum Gasteiger partial charge on any atom is 0.0671 e. The summed E-state index contributed by atoms with van der Waals surface area (Å²) in [7, 11) is 0. The van der Waals surface area contributed by atoms with Gasteiger partial charge in [0.25, 0.3) is 0 Å². The quantitative estimate of drug-likeness (QED) is 0.757. The van der Waals surface area contributed by atoms with Crippen LogP contribution < -0.4 is 5.32 Å². The van der Waals surface area contributed by atoms with E-state index in [1.807, 2.05) is 11.3 Å². The molecule has 0 fully saturated rings. The summed E-state index contributed by atoms with van der Waals surface area (Å²) < 4.78 is 1.28. The third-order valence-electron chi connectivity index (χ3n) is 2.93. The molecule has 96 valence electrons. The standard InChI is InChI=1S/C15H18INS/c1-3-13-9-10-14(18-13)15(17-4-2)11-5-7-12(16)8-6-11/h5-10,15,17H,3-4H2,1-2H3. The maximum atomic E-state index is 3.58. The average Bonchev–Trinajstić information content (AvgIpc) is 2.86. The first-order chi connectivity index (χ1) is 8.74. The molecule has 18 heavy (non-hydrogen) atoms. The Labute approximate surface area is 127 Å². The number of hydrogen-bond acceptors (Lipinski definition) is 2. The van der Waals surface area contributed by atoms with Gasteiger partial charge in [0, 0.05) is 13.3 Å². The predicted octanol–water partition coefficient (Wildman–Crippen LogP) is 4.61. The van der Waals surface area contributed by atoms with E-state index in [-0.39, 0.29) is 0 Å². The molecule has 0 bridgehead atoms. The summed E-state index contributed by atoms with van der Waals surface area (Å²) in [4.78, 5) is 2.87. The van der Waals surface area contributed by atoms with E-state index in [9.17, 15) is 0 Å². The zero-order valence-corrected chi connectivity index (χ0v) is 13.7. The minimum atomic E-state index is 0.331. The fraction of sp³-hybridized carbons (Fsp3) is 0.333. The van der Waals surface area contributed by atoms with Crippen molar-refractivity contribution in [1.82, 2.24) is 5.32 Å². The van der Waals surface area contributed by atoms with Crippen molar-refractivity contribution in [1.29, 1.82) is 0 Å². The van der Waals surface area contributed by atoms with Gasteiger partial charge < -0.3 is 5.32 Å². The molecule has 1 atom stereocenters. The van der Waals surface area contributed by atoms with Crippen LogP contribution in [0, 0.1) is 3.57 Å². The molecule has 1 N–H and O–H groups in total. The van der Waals surface area contributed by atoms with Gasteiger partial charge in [-0.3, -0.25) is 0 Å². The highest BCUT2D eigenvalue weighted by Gasteiger charge is 2.14. The van der Waals surface area contributed by atoms with Crippen LogP contribution >= 0.6 is 33.9 Å². The molecule has 1 heterocycles. The minimum absolute atomic E-state index is 0.331. The first-order valence-electron chi connectivity index (χ1n) is 6.32. The molecular weight excluding hydrogens is 353 g/mol. The molecule has 1 unspecified atom stereocenters. The summed E-state index contributed by atoms with van der Waals surface area (Å²) in [5.41, 5.74) is 1.35. The number of aryl methyl sites for hydroxylation is 1. The Hall–Kier alpha value is -0.390. The summed E-state index contributed by atoms with van der Waals surface area (Å²) in [6.45, 7) is 5.35. The van der Waals surface area contributed by atoms with E-state index in [0.717, 1.165) is 13.0 Å². The SMILES string of the molecule is CCNC(c1ccc(I)cc1)c1ccc(CC)s1. The van der Waals surface area contributed by atoms with E-state index in [1.165, 1.54) is 18.9 Å². The molecule has 1 aromatic heterocycles. The van der Waals surface area contributed by atoms with E-state index in [1.54, 1.807) is 0 Å². The predicted molar refractivity (Wildman–Crippen MR) is 88.4 cm³/mol. The summed E-state index contributed by atoms with van der Waals surface area (Å²) in [5.74, 6) is 0. The molecule has 0 aliphatic carbocycles. The monoisotopic (exact) mass is 371 g/mol. The van der Waals surface area contributed by atoms with Crippen molar-refractivity contribution >= 4 is 33.9 Å². The van der Waals surface area contributed by atoms with Crippen molar-refractivity contribution in [2.45, 2.75) is 26.3 Å². The zero-order valence-electron chi connectivity index (χ0n) is 10.7. The Balaban J connectivity index is 2.29. The summed E-state index contributed by atoms with van der Waals surface area (Å²) in [6.07, 6.45) is 1.12. The average molecular weight is 371 g/mol. The van der Waals surface area contributed by atoms with Crippen molar-refractivity contribution < 1.29 is 0 Å². The van der Waals surface area contributed by atoms with Crippen LogP contribution in [0.3, 0.4) is 0 Å². The number of halogens is 1. The number of hydrogen-bond donors (Lipinski definition) is 1. The van der Waals surface area contributed by atoms with Gasteiger partial charge in [-0.1, -0.05) is 26.0 Å². The van der Waals surface area contributed by atoms with Crippen LogP contribution in [0.25, 0.3) is 0 Å². The largest absolute Gasteiger partial charge is 0.306 e. The molecule has 0 radical (unpaired) electrons. The second kappa shape index (κ2) is 6.68. The second-order valence-electron chi connectivity index (χ2n) is 4.20. The highest BCUT2D eigenvalue weighted by molar-refractivity contribution is 14.1. The third-order valence-corrected chi connectivity index (χ3v) is 4.94. The van der Waals surface area contributed by atoms with Crippen LogP contribution in [0.15, 0.2) is 36.4 Å². The molecule has 0 spiro atoms. The van der Waals surface area contributed by atoms with E-state index in [0.29, 0.717) is 6.04 Å². The fourth-order valence-corrected chi connectivity index (χ4v) is 3.40. The van der Waals surface area contributed by atoms with Crippen LogP contribution in [0.5, 0.6) is 0 Å². The second-order valence-corrected chi connectivity index (χ2v) is 6.65. The Morgan fingerprint density at radius 3 is 2.39 bits per heavy atom. The van der Waals surface area contributed by atoms with Gasteiger partial charge in [0.05, 0.1) is 6.04 Å². The number of nitrogens with one attached hydrogen (secondary N) is 1. The van der Waals surface area contributed by atoms with Crippen LogP contribution in [0.2, 0.25) is 0 Å². The Kier molecular flexibility index (Phi) is 5.21. The lowest BCUT2D eigenvalue weighted by molar-refractivity contribution is 0.639. The zero-order chi connectivity index (χ0) is 13.0. The lowest BCUT2D eigenvalue weighted by atomic mass is 10.1. The lowest BCUT2D eigenvalue weighted by Gasteiger charge is -2.17. The molecule has 0 amide bonds. The van der Waals surface area contributed by atoms with Gasteiger partial charge in [-0.25, -0.2) is 0 Å². The molecule has 1 aromatic carbocycles. The first-order valence-corrected chi connectivity index (χ1v) is 8.21. The summed E-state index contributed by atoms with van der Waals surface area (Å²) >= 11 is 4.26. The molecule has 2 rings (SSSR count). The molecule has 3 heteroatoms. The maximum absolute atomic E-state index is 3.58. The fourth-order valence-electron chi connectivity index (χ4n) is 1.98. The van der Waals surface area contributed by atoms with Gasteiger partial charge in [0.15, 0.2) is 0 Å².